The van der Waals surface area contributed by atoms with Gasteiger partial charge >= 0.3 is 6.09 Å². The predicted octanol–water partition coefficient (Wildman–Crippen LogP) is 4.60. The Kier molecular flexibility index (Phi) is 23.1. The summed E-state index contributed by atoms with van der Waals surface area (Å²) in [4.78, 5) is 43.7. The molecule has 0 spiro atoms. The van der Waals surface area contributed by atoms with Gasteiger partial charge in [-0.05, 0) is 80.3 Å². The van der Waals surface area contributed by atoms with E-state index in [9.17, 15) is 19.5 Å². The fourth-order valence-corrected chi connectivity index (χ4v) is 7.72. The van der Waals surface area contributed by atoms with Crippen LogP contribution in [0.5, 0.6) is 0 Å². The monoisotopic (exact) mass is 927 g/mol. The van der Waals surface area contributed by atoms with Crippen molar-refractivity contribution in [3.05, 3.63) is 65.2 Å². The van der Waals surface area contributed by atoms with Crippen LogP contribution < -0.4 is 15.1 Å². The van der Waals surface area contributed by atoms with Crippen LogP contribution in [0.3, 0.4) is 0 Å². The molecule has 0 bridgehead atoms. The minimum Gasteiger partial charge on any atom is -0.444 e. The van der Waals surface area contributed by atoms with Gasteiger partial charge in [-0.15, -0.1) is 0 Å². The van der Waals surface area contributed by atoms with Crippen molar-refractivity contribution < 1.29 is 62.1 Å². The third-order valence-corrected chi connectivity index (χ3v) is 11.1. The average Bonchev–Trinajstić information content (AvgIpc) is 4.15. The van der Waals surface area contributed by atoms with E-state index >= 15 is 0 Å². The summed E-state index contributed by atoms with van der Waals surface area (Å²) in [6.07, 6.45) is 4.64. The zero-order chi connectivity index (χ0) is 47.0. The van der Waals surface area contributed by atoms with E-state index in [0.717, 1.165) is 47.5 Å². The molecule has 17 nitrogen and oxygen atoms in total. The van der Waals surface area contributed by atoms with Gasteiger partial charge in [-0.25, -0.2) is 4.79 Å². The van der Waals surface area contributed by atoms with Gasteiger partial charge in [0.2, 0.25) is 11.8 Å². The van der Waals surface area contributed by atoms with E-state index < -0.39 is 11.7 Å². The van der Waals surface area contributed by atoms with E-state index in [0.29, 0.717) is 138 Å². The van der Waals surface area contributed by atoms with Crippen molar-refractivity contribution in [3.63, 3.8) is 0 Å². The molecular weight excluding hydrogens is 853 g/mol. The molecule has 0 unspecified atom stereocenters. The molecule has 5 rings (SSSR count). The molecule has 1 saturated carbocycles. The summed E-state index contributed by atoms with van der Waals surface area (Å²) in [6.45, 7) is 16.4. The van der Waals surface area contributed by atoms with Crippen molar-refractivity contribution >= 4 is 34.9 Å². The van der Waals surface area contributed by atoms with Crippen molar-refractivity contribution in [2.45, 2.75) is 71.8 Å². The van der Waals surface area contributed by atoms with Crippen LogP contribution in [-0.2, 0) is 65.4 Å². The number of fused-ring (bicyclic) bond motifs is 1. The van der Waals surface area contributed by atoms with Gasteiger partial charge in [0.25, 0.3) is 0 Å². The number of hydrogen-bond acceptors (Lipinski definition) is 14. The molecule has 1 aliphatic carbocycles. The molecule has 3 amide bonds. The Morgan fingerprint density at radius 2 is 1.26 bits per heavy atom. The number of hydrogen-bond donors (Lipinski definition) is 2. The molecular formula is C49H74N4O13. The Hall–Kier alpha value is -4.17. The van der Waals surface area contributed by atoms with Crippen molar-refractivity contribution in [3.8, 4) is 0 Å². The van der Waals surface area contributed by atoms with Gasteiger partial charge in [0, 0.05) is 39.6 Å². The lowest BCUT2D eigenvalue weighted by Crippen LogP contribution is -2.52. The van der Waals surface area contributed by atoms with Crippen LogP contribution in [-0.4, -0.2) is 171 Å². The summed E-state index contributed by atoms with van der Waals surface area (Å²) < 4.78 is 49.3. The van der Waals surface area contributed by atoms with Crippen LogP contribution in [0.2, 0.25) is 0 Å². The number of rotatable bonds is 31. The highest BCUT2D eigenvalue weighted by Crippen LogP contribution is 2.45. The molecule has 66 heavy (non-hydrogen) atoms. The van der Waals surface area contributed by atoms with Gasteiger partial charge in [-0.2, -0.15) is 0 Å². The van der Waals surface area contributed by atoms with Crippen molar-refractivity contribution in [1.82, 2.24) is 10.2 Å². The second kappa shape index (κ2) is 28.9. The molecule has 2 heterocycles. The van der Waals surface area contributed by atoms with E-state index in [1.807, 2.05) is 48.8 Å². The predicted molar refractivity (Wildman–Crippen MR) is 249 cm³/mol. The quantitative estimate of drug-likeness (QED) is 0.100. The number of carbonyl (C=O) groups excluding carboxylic acids is 3. The topological polar surface area (TPSA) is 176 Å². The van der Waals surface area contributed by atoms with E-state index in [1.165, 1.54) is 5.57 Å². The third kappa shape index (κ3) is 18.8. The van der Waals surface area contributed by atoms with Crippen LogP contribution in [0.4, 0.5) is 16.2 Å². The van der Waals surface area contributed by atoms with Gasteiger partial charge in [-0.3, -0.25) is 9.59 Å². The maximum atomic E-state index is 13.0. The molecule has 0 saturated heterocycles. The first-order valence-electron chi connectivity index (χ1n) is 23.5. The first-order chi connectivity index (χ1) is 32.0. The van der Waals surface area contributed by atoms with Crippen molar-refractivity contribution in [2.75, 3.05) is 142 Å². The lowest BCUT2D eigenvalue weighted by atomic mass is 9.95. The number of amides is 3. The van der Waals surface area contributed by atoms with Crippen LogP contribution in [0.15, 0.2) is 48.5 Å². The van der Waals surface area contributed by atoms with E-state index in [4.69, 9.17) is 42.6 Å². The maximum Gasteiger partial charge on any atom is 0.407 e. The number of anilines is 2. The Labute approximate surface area is 390 Å². The zero-order valence-corrected chi connectivity index (χ0v) is 39.6. The molecule has 2 aromatic carbocycles. The number of benzene rings is 2. The maximum absolute atomic E-state index is 13.0. The van der Waals surface area contributed by atoms with Gasteiger partial charge in [0.1, 0.15) is 12.2 Å². The van der Waals surface area contributed by atoms with E-state index in [2.05, 4.69) is 40.6 Å². The van der Waals surface area contributed by atoms with E-state index in [1.54, 1.807) is 6.92 Å². The van der Waals surface area contributed by atoms with Crippen molar-refractivity contribution in [1.29, 1.82) is 0 Å². The van der Waals surface area contributed by atoms with Gasteiger partial charge < -0.3 is 67.8 Å². The molecule has 368 valence electrons. The highest BCUT2D eigenvalue weighted by molar-refractivity contribution is 5.98. The molecule has 3 aliphatic rings. The number of nitrogens with zero attached hydrogens (tertiary/aromatic N) is 3. The Balaban J connectivity index is 0.841. The molecule has 2 aliphatic heterocycles. The first kappa shape index (κ1) is 52.8. The summed E-state index contributed by atoms with van der Waals surface area (Å²) in [5.41, 5.74) is 5.68. The lowest BCUT2D eigenvalue weighted by Gasteiger charge is -2.44. The number of aliphatic hydroxyl groups is 1. The van der Waals surface area contributed by atoms with Crippen molar-refractivity contribution in [2.24, 2.45) is 5.92 Å². The average molecular weight is 927 g/mol. The SMILES string of the molecule is CC(=O)N1c2ccc(C3=CCN(C(=O)COCCOCCOCCOCCOCCOCCOCCOCCNC(=O)OC(C)(C)C)CC3)cc2N(Cc2ccccc2CO)C[C@@H]1C1CC1. The van der Waals surface area contributed by atoms with Gasteiger partial charge in [0.05, 0.1) is 123 Å². The van der Waals surface area contributed by atoms with Gasteiger partial charge in [-0.1, -0.05) is 36.4 Å². The number of aliphatic hydroxyl groups excluding tert-OH is 1. The van der Waals surface area contributed by atoms with Gasteiger partial charge in [0.15, 0.2) is 0 Å². The number of carbonyl (C=O) groups is 3. The highest BCUT2D eigenvalue weighted by Gasteiger charge is 2.42. The number of nitrogens with one attached hydrogen (secondary N) is 1. The molecule has 17 heteroatoms. The second-order valence-electron chi connectivity index (χ2n) is 17.4. The summed E-state index contributed by atoms with van der Waals surface area (Å²) in [5, 5.41) is 12.7. The van der Waals surface area contributed by atoms with E-state index in [-0.39, 0.29) is 31.1 Å². The van der Waals surface area contributed by atoms with Crippen LogP contribution in [0.25, 0.3) is 5.57 Å². The minimum absolute atomic E-state index is 0.00429. The fourth-order valence-electron chi connectivity index (χ4n) is 7.72. The Morgan fingerprint density at radius 3 is 1.76 bits per heavy atom. The summed E-state index contributed by atoms with van der Waals surface area (Å²) >= 11 is 0. The summed E-state index contributed by atoms with van der Waals surface area (Å²) in [7, 11) is 0. The zero-order valence-electron chi connectivity index (χ0n) is 39.6. The number of ether oxygens (including phenoxy) is 9. The Morgan fingerprint density at radius 1 is 0.712 bits per heavy atom. The smallest absolute Gasteiger partial charge is 0.407 e. The molecule has 2 aromatic rings. The second-order valence-corrected chi connectivity index (χ2v) is 17.4. The fraction of sp³-hybridized carbons (Fsp3) is 0.653. The Bertz CT molecular complexity index is 1800. The molecule has 2 N–H and O–H groups in total. The minimum atomic E-state index is -0.524. The van der Waals surface area contributed by atoms with Crippen LogP contribution in [0.1, 0.15) is 63.6 Å². The lowest BCUT2D eigenvalue weighted by molar-refractivity contribution is -0.136. The molecule has 0 aromatic heterocycles. The van der Waals surface area contributed by atoms with Crippen LogP contribution >= 0.6 is 0 Å². The first-order valence-corrected chi connectivity index (χ1v) is 23.5. The number of alkyl carbamates (subject to hydrolysis) is 1. The largest absolute Gasteiger partial charge is 0.444 e. The summed E-state index contributed by atoms with van der Waals surface area (Å²) in [6, 6.07) is 14.5. The molecule has 1 fully saturated rings. The standard InChI is InChI=1S/C49H74N4O13/c1-38(55)53-44-12-11-41(33-45(44)52(35-46(53)40-9-10-40)34-42-7-5-6-8-43(42)36-54)39-13-16-51(17-14-39)47(56)37-65-32-31-64-30-29-63-28-27-62-26-25-61-24-23-60-22-21-59-20-19-58-18-15-50-48(57)66-49(2,3)4/h5-8,11-13,33,40,46,54H,9-10,14-32,34-37H2,1-4H3,(H,50,57)/t46-/m1/s1. The normalized spacial score (nSPS) is 16.3. The van der Waals surface area contributed by atoms with Crippen LogP contribution in [0, 0.1) is 5.92 Å². The molecule has 0 radical (unpaired) electrons. The third-order valence-electron chi connectivity index (χ3n) is 11.1. The summed E-state index contributed by atoms with van der Waals surface area (Å²) in [5.74, 6) is 0.505. The highest BCUT2D eigenvalue weighted by atomic mass is 16.6. The molecule has 1 atom stereocenters.